The first-order chi connectivity index (χ1) is 6.91. The molecule has 0 saturated carbocycles. The summed E-state index contributed by atoms with van der Waals surface area (Å²) in [6.45, 7) is -0.0419. The van der Waals surface area contributed by atoms with Crippen molar-refractivity contribution in [2.45, 2.75) is 25.0 Å². The smallest absolute Gasteiger partial charge is 0.312 e. The number of aliphatic carboxylic acids is 1. The first-order valence-corrected chi connectivity index (χ1v) is 4.40. The largest absolute Gasteiger partial charge is 0.481 e. The second-order valence-electron chi connectivity index (χ2n) is 3.42. The lowest BCUT2D eigenvalue weighted by atomic mass is 10.2. The summed E-state index contributed by atoms with van der Waals surface area (Å²) in [6, 6.07) is -0.896. The van der Waals surface area contributed by atoms with Crippen LogP contribution in [-0.4, -0.2) is 51.6 Å². The van der Waals surface area contributed by atoms with Crippen molar-refractivity contribution in [2.24, 2.45) is 5.73 Å². The van der Waals surface area contributed by atoms with Crippen molar-refractivity contribution < 1.29 is 24.6 Å². The van der Waals surface area contributed by atoms with Gasteiger partial charge in [0.1, 0.15) is 12.5 Å². The van der Waals surface area contributed by atoms with Crippen molar-refractivity contribution in [2.75, 3.05) is 6.54 Å². The summed E-state index contributed by atoms with van der Waals surface area (Å²) < 4.78 is 0. The average molecular weight is 216 g/mol. The topological polar surface area (TPSA) is 121 Å². The van der Waals surface area contributed by atoms with E-state index in [1.54, 1.807) is 0 Å². The molecule has 1 rings (SSSR count). The molecule has 1 saturated heterocycles. The number of carbonyl (C=O) groups is 3. The third-order valence-electron chi connectivity index (χ3n) is 2.23. The quantitative estimate of drug-likeness (QED) is 0.467. The molecule has 0 bridgehead atoms. The van der Waals surface area contributed by atoms with Crippen LogP contribution in [0.5, 0.6) is 0 Å². The lowest BCUT2D eigenvalue weighted by Gasteiger charge is -2.20. The Labute approximate surface area is 85.5 Å². The molecule has 4 N–H and O–H groups in total. The summed E-state index contributed by atoms with van der Waals surface area (Å²) in [5, 5.41) is 17.7. The van der Waals surface area contributed by atoms with Gasteiger partial charge in [-0.3, -0.25) is 14.4 Å². The van der Waals surface area contributed by atoms with Gasteiger partial charge in [-0.2, -0.15) is 0 Å². The number of aliphatic hydroxyl groups excluding tert-OH is 1. The fourth-order valence-electron chi connectivity index (χ4n) is 1.59. The highest BCUT2D eigenvalue weighted by Crippen LogP contribution is 2.18. The zero-order valence-corrected chi connectivity index (χ0v) is 7.92. The normalized spacial score (nSPS) is 25.3. The summed E-state index contributed by atoms with van der Waals surface area (Å²) >= 11 is 0. The van der Waals surface area contributed by atoms with Gasteiger partial charge in [0.25, 0.3) is 0 Å². The number of rotatable bonds is 3. The van der Waals surface area contributed by atoms with E-state index in [9.17, 15) is 19.5 Å². The molecule has 0 radical (unpaired) electrons. The first-order valence-electron chi connectivity index (χ1n) is 4.40. The third-order valence-corrected chi connectivity index (χ3v) is 2.23. The zero-order chi connectivity index (χ0) is 11.6. The molecule has 1 aliphatic heterocycles. The Morgan fingerprint density at radius 3 is 2.47 bits per heavy atom. The zero-order valence-electron chi connectivity index (χ0n) is 7.92. The monoisotopic (exact) mass is 216 g/mol. The van der Waals surface area contributed by atoms with Gasteiger partial charge >= 0.3 is 5.97 Å². The van der Waals surface area contributed by atoms with Crippen LogP contribution in [0.15, 0.2) is 0 Å². The van der Waals surface area contributed by atoms with Crippen LogP contribution in [0.3, 0.4) is 0 Å². The molecule has 1 aliphatic rings. The van der Waals surface area contributed by atoms with Crippen LogP contribution < -0.4 is 5.73 Å². The molecular weight excluding hydrogens is 204 g/mol. The van der Waals surface area contributed by atoms with E-state index in [1.807, 2.05) is 0 Å². The van der Waals surface area contributed by atoms with Crippen LogP contribution in [0.2, 0.25) is 0 Å². The SMILES string of the molecule is NC(=O)C1CC(O)CN1C(=O)CC(=O)O. The summed E-state index contributed by atoms with van der Waals surface area (Å²) in [5.41, 5.74) is 5.03. The maximum absolute atomic E-state index is 11.3. The Hall–Kier alpha value is -1.63. The Balaban J connectivity index is 2.70. The van der Waals surface area contributed by atoms with E-state index in [-0.39, 0.29) is 13.0 Å². The van der Waals surface area contributed by atoms with Gasteiger partial charge in [0.15, 0.2) is 0 Å². The number of hydrogen-bond acceptors (Lipinski definition) is 4. The Bertz CT molecular complexity index is 303. The van der Waals surface area contributed by atoms with E-state index in [1.165, 1.54) is 0 Å². The average Bonchev–Trinajstić information content (AvgIpc) is 2.46. The fraction of sp³-hybridized carbons (Fsp3) is 0.625. The predicted octanol–water partition coefficient (Wildman–Crippen LogP) is -2.09. The lowest BCUT2D eigenvalue weighted by Crippen LogP contribution is -2.44. The van der Waals surface area contributed by atoms with E-state index >= 15 is 0 Å². The number of carboxylic acid groups (broad SMARTS) is 1. The van der Waals surface area contributed by atoms with Crippen molar-refractivity contribution in [3.8, 4) is 0 Å². The number of carbonyl (C=O) groups excluding carboxylic acids is 2. The van der Waals surface area contributed by atoms with E-state index in [2.05, 4.69) is 0 Å². The highest BCUT2D eigenvalue weighted by Gasteiger charge is 2.37. The maximum Gasteiger partial charge on any atom is 0.312 e. The highest BCUT2D eigenvalue weighted by atomic mass is 16.4. The molecule has 0 spiro atoms. The molecule has 0 aromatic rings. The van der Waals surface area contributed by atoms with Crippen LogP contribution in [0.4, 0.5) is 0 Å². The molecule has 2 unspecified atom stereocenters. The molecular formula is C8H12N2O5. The van der Waals surface area contributed by atoms with Crippen molar-refractivity contribution >= 4 is 17.8 Å². The summed E-state index contributed by atoms with van der Waals surface area (Å²) in [7, 11) is 0. The number of aliphatic hydroxyl groups is 1. The Morgan fingerprint density at radius 1 is 1.40 bits per heavy atom. The maximum atomic E-state index is 11.3. The number of hydrogen-bond donors (Lipinski definition) is 3. The second kappa shape index (κ2) is 4.26. The van der Waals surface area contributed by atoms with Crippen LogP contribution in [0.25, 0.3) is 0 Å². The molecule has 7 heteroatoms. The van der Waals surface area contributed by atoms with Crippen LogP contribution >= 0.6 is 0 Å². The molecule has 84 valence electrons. The Kier molecular flexibility index (Phi) is 3.25. The minimum atomic E-state index is -1.27. The Morgan fingerprint density at radius 2 is 2.00 bits per heavy atom. The van der Waals surface area contributed by atoms with Crippen molar-refractivity contribution in [1.82, 2.24) is 4.90 Å². The van der Waals surface area contributed by atoms with Gasteiger partial charge in [0.2, 0.25) is 11.8 Å². The van der Waals surface area contributed by atoms with E-state index in [0.29, 0.717) is 0 Å². The number of primary amides is 1. The lowest BCUT2D eigenvalue weighted by molar-refractivity contribution is -0.146. The number of likely N-dealkylation sites (tertiary alicyclic amines) is 1. The third kappa shape index (κ3) is 2.66. The molecule has 0 aliphatic carbocycles. The molecule has 7 nitrogen and oxygen atoms in total. The number of amides is 2. The van der Waals surface area contributed by atoms with Gasteiger partial charge in [-0.25, -0.2) is 0 Å². The minimum Gasteiger partial charge on any atom is -0.481 e. The summed E-state index contributed by atoms with van der Waals surface area (Å²) in [4.78, 5) is 33.6. The molecule has 0 aromatic carbocycles. The van der Waals surface area contributed by atoms with Crippen molar-refractivity contribution in [3.63, 3.8) is 0 Å². The van der Waals surface area contributed by atoms with Crippen LogP contribution in [0.1, 0.15) is 12.8 Å². The first kappa shape index (κ1) is 11.4. The number of nitrogens with zero attached hydrogens (tertiary/aromatic N) is 1. The summed E-state index contributed by atoms with van der Waals surface area (Å²) in [6.07, 6.45) is -1.45. The van der Waals surface area contributed by atoms with Crippen LogP contribution in [0, 0.1) is 0 Å². The number of carboxylic acids is 1. The van der Waals surface area contributed by atoms with Crippen molar-refractivity contribution in [1.29, 1.82) is 0 Å². The van der Waals surface area contributed by atoms with Gasteiger partial charge in [-0.15, -0.1) is 0 Å². The van der Waals surface area contributed by atoms with Gasteiger partial charge in [-0.05, 0) is 0 Å². The van der Waals surface area contributed by atoms with E-state index in [0.717, 1.165) is 4.90 Å². The standard InChI is InChI=1S/C8H12N2O5/c9-8(15)5-1-4(11)3-10(5)6(12)2-7(13)14/h4-5,11H,1-3H2,(H2,9,15)(H,13,14). The van der Waals surface area contributed by atoms with E-state index in [4.69, 9.17) is 10.8 Å². The van der Waals surface area contributed by atoms with E-state index < -0.39 is 36.4 Å². The number of β-amino-alcohol motifs (C(OH)–C–C–N with tert-alkyl or cyclic N) is 1. The molecule has 1 fully saturated rings. The van der Waals surface area contributed by atoms with Crippen molar-refractivity contribution in [3.05, 3.63) is 0 Å². The highest BCUT2D eigenvalue weighted by molar-refractivity contribution is 5.96. The van der Waals surface area contributed by atoms with Gasteiger partial charge < -0.3 is 20.8 Å². The summed E-state index contributed by atoms with van der Waals surface area (Å²) in [5.74, 6) is -2.71. The van der Waals surface area contributed by atoms with Crippen LogP contribution in [-0.2, 0) is 14.4 Å². The minimum absolute atomic E-state index is 0.0419. The fourth-order valence-corrected chi connectivity index (χ4v) is 1.59. The van der Waals surface area contributed by atoms with Gasteiger partial charge in [-0.1, -0.05) is 0 Å². The molecule has 1 heterocycles. The molecule has 15 heavy (non-hydrogen) atoms. The molecule has 2 amide bonds. The van der Waals surface area contributed by atoms with Gasteiger partial charge in [0, 0.05) is 13.0 Å². The predicted molar refractivity (Wildman–Crippen MR) is 47.6 cm³/mol. The molecule has 0 aromatic heterocycles. The molecule has 2 atom stereocenters. The number of nitrogens with two attached hydrogens (primary N) is 1. The van der Waals surface area contributed by atoms with Gasteiger partial charge in [0.05, 0.1) is 6.10 Å². The second-order valence-corrected chi connectivity index (χ2v) is 3.42.